The molecule has 0 aromatic carbocycles. The minimum Gasteiger partial charge on any atom is -0.473 e. The normalized spacial score (nSPS) is 19.2. The number of rotatable bonds is 3. The van der Waals surface area contributed by atoms with Crippen LogP contribution in [0.4, 0.5) is 0 Å². The number of thioether (sulfide) groups is 1. The first kappa shape index (κ1) is 14.2. The van der Waals surface area contributed by atoms with Crippen LogP contribution in [-0.2, 0) is 0 Å². The molecule has 5 heteroatoms. The van der Waals surface area contributed by atoms with Gasteiger partial charge in [-0.3, -0.25) is 4.79 Å². The molecule has 4 nitrogen and oxygen atoms in total. The second-order valence-electron chi connectivity index (χ2n) is 5.66. The van der Waals surface area contributed by atoms with Crippen molar-refractivity contribution in [3.05, 3.63) is 23.9 Å². The molecule has 1 saturated heterocycles. The van der Waals surface area contributed by atoms with Crippen LogP contribution in [0.25, 0.3) is 0 Å². The molecule has 1 amide bonds. The smallest absolute Gasteiger partial charge is 0.257 e. The van der Waals surface area contributed by atoms with Gasteiger partial charge < -0.3 is 10.1 Å². The second kappa shape index (κ2) is 5.82. The number of hydrogen-bond donors (Lipinski definition) is 1. The summed E-state index contributed by atoms with van der Waals surface area (Å²) in [6.45, 7) is 5.86. The van der Waals surface area contributed by atoms with Gasteiger partial charge in [0, 0.05) is 17.5 Å². The van der Waals surface area contributed by atoms with Crippen LogP contribution in [0.2, 0.25) is 0 Å². The highest BCUT2D eigenvalue weighted by Crippen LogP contribution is 2.24. The van der Waals surface area contributed by atoms with Crippen LogP contribution in [0.3, 0.4) is 0 Å². The Morgan fingerprint density at radius 3 is 2.95 bits per heavy atom. The zero-order chi connectivity index (χ0) is 13.9. The average molecular weight is 280 g/mol. The zero-order valence-corrected chi connectivity index (χ0v) is 12.4. The van der Waals surface area contributed by atoms with Crippen LogP contribution in [0.1, 0.15) is 37.6 Å². The van der Waals surface area contributed by atoms with E-state index in [0.29, 0.717) is 11.4 Å². The topological polar surface area (TPSA) is 51.2 Å². The second-order valence-corrected chi connectivity index (χ2v) is 6.81. The molecule has 19 heavy (non-hydrogen) atoms. The number of nitrogens with zero attached hydrogens (tertiary/aromatic N) is 1. The van der Waals surface area contributed by atoms with Gasteiger partial charge in [0.25, 0.3) is 5.91 Å². The van der Waals surface area contributed by atoms with Crippen LogP contribution in [0.15, 0.2) is 18.3 Å². The summed E-state index contributed by atoms with van der Waals surface area (Å²) in [5.41, 5.74) is 0.238. The summed E-state index contributed by atoms with van der Waals surface area (Å²) in [4.78, 5) is 16.4. The lowest BCUT2D eigenvalue weighted by Gasteiger charge is -2.21. The van der Waals surface area contributed by atoms with Crippen LogP contribution < -0.4 is 10.1 Å². The van der Waals surface area contributed by atoms with Gasteiger partial charge in [0.05, 0.1) is 0 Å². The maximum absolute atomic E-state index is 12.2. The third-order valence-corrected chi connectivity index (χ3v) is 3.80. The van der Waals surface area contributed by atoms with Gasteiger partial charge in [0.2, 0.25) is 5.88 Å². The summed E-state index contributed by atoms with van der Waals surface area (Å²) in [6, 6.07) is 3.51. The number of nitrogens with one attached hydrogen (secondary N) is 1. The Hall–Kier alpha value is -1.23. The molecule has 1 unspecified atom stereocenters. The van der Waals surface area contributed by atoms with E-state index < -0.39 is 0 Å². The quantitative estimate of drug-likeness (QED) is 0.924. The number of carbonyl (C=O) groups excluding carboxylic acids is 1. The number of hydrogen-bond acceptors (Lipinski definition) is 4. The molecule has 0 aliphatic carbocycles. The van der Waals surface area contributed by atoms with Gasteiger partial charge in [-0.05, 0) is 45.1 Å². The van der Waals surface area contributed by atoms with Crippen molar-refractivity contribution < 1.29 is 9.53 Å². The molecule has 0 radical (unpaired) electrons. The highest BCUT2D eigenvalue weighted by atomic mass is 32.2. The fourth-order valence-electron chi connectivity index (χ4n) is 1.83. The monoisotopic (exact) mass is 280 g/mol. The zero-order valence-electron chi connectivity index (χ0n) is 11.6. The van der Waals surface area contributed by atoms with Gasteiger partial charge >= 0.3 is 0 Å². The van der Waals surface area contributed by atoms with E-state index in [9.17, 15) is 4.79 Å². The molecule has 2 rings (SSSR count). The van der Waals surface area contributed by atoms with Crippen molar-refractivity contribution in [2.75, 3.05) is 11.5 Å². The van der Waals surface area contributed by atoms with E-state index in [-0.39, 0.29) is 17.6 Å². The summed E-state index contributed by atoms with van der Waals surface area (Å²) < 4.78 is 5.85. The third kappa shape index (κ3) is 4.13. The SMILES string of the molecule is CC(C)(C)NC(=O)c1cccnc1OC1CCSC1. The van der Waals surface area contributed by atoms with E-state index in [1.165, 1.54) is 0 Å². The Bertz CT molecular complexity index is 451. The largest absolute Gasteiger partial charge is 0.473 e. The maximum Gasteiger partial charge on any atom is 0.257 e. The van der Waals surface area contributed by atoms with Crippen molar-refractivity contribution in [3.8, 4) is 5.88 Å². The van der Waals surface area contributed by atoms with Crippen molar-refractivity contribution in [2.24, 2.45) is 0 Å². The predicted octanol–water partition coefficient (Wildman–Crippen LogP) is 2.49. The van der Waals surface area contributed by atoms with Gasteiger partial charge in [-0.2, -0.15) is 11.8 Å². The molecule has 0 spiro atoms. The van der Waals surface area contributed by atoms with E-state index >= 15 is 0 Å². The van der Waals surface area contributed by atoms with Crippen LogP contribution in [-0.4, -0.2) is 34.0 Å². The summed E-state index contributed by atoms with van der Waals surface area (Å²) in [7, 11) is 0. The van der Waals surface area contributed by atoms with Crippen molar-refractivity contribution in [1.29, 1.82) is 0 Å². The number of amides is 1. The molecule has 1 fully saturated rings. The molecular formula is C14H20N2O2S. The van der Waals surface area contributed by atoms with Gasteiger partial charge in [-0.1, -0.05) is 0 Å². The number of pyridine rings is 1. The Balaban J connectivity index is 2.13. The molecule has 1 aliphatic rings. The van der Waals surface area contributed by atoms with E-state index in [1.54, 1.807) is 18.3 Å². The predicted molar refractivity (Wildman–Crippen MR) is 77.8 cm³/mol. The molecule has 1 aliphatic heterocycles. The van der Waals surface area contributed by atoms with Gasteiger partial charge in [-0.15, -0.1) is 0 Å². The molecule has 0 saturated carbocycles. The molecule has 1 aromatic heterocycles. The maximum atomic E-state index is 12.2. The fourth-order valence-corrected chi connectivity index (χ4v) is 2.92. The molecular weight excluding hydrogens is 260 g/mol. The van der Waals surface area contributed by atoms with Crippen molar-refractivity contribution >= 4 is 17.7 Å². The highest BCUT2D eigenvalue weighted by molar-refractivity contribution is 7.99. The standard InChI is InChI=1S/C14H20N2O2S/c1-14(2,3)16-12(17)11-5-4-7-15-13(11)18-10-6-8-19-9-10/h4-5,7,10H,6,8-9H2,1-3H3,(H,16,17). The van der Waals surface area contributed by atoms with E-state index in [1.807, 2.05) is 32.5 Å². The summed E-state index contributed by atoms with van der Waals surface area (Å²) in [6.07, 6.45) is 2.84. The molecule has 2 heterocycles. The Labute approximate surface area is 118 Å². The molecule has 1 aromatic rings. The first-order valence-corrected chi connectivity index (χ1v) is 7.63. The fraction of sp³-hybridized carbons (Fsp3) is 0.571. The first-order valence-electron chi connectivity index (χ1n) is 6.47. The lowest BCUT2D eigenvalue weighted by atomic mass is 10.1. The van der Waals surface area contributed by atoms with Gasteiger partial charge in [0.1, 0.15) is 11.7 Å². The lowest BCUT2D eigenvalue weighted by Crippen LogP contribution is -2.40. The van der Waals surface area contributed by atoms with Crippen LogP contribution in [0.5, 0.6) is 5.88 Å². The van der Waals surface area contributed by atoms with E-state index in [0.717, 1.165) is 17.9 Å². The van der Waals surface area contributed by atoms with Gasteiger partial charge in [-0.25, -0.2) is 4.98 Å². The van der Waals surface area contributed by atoms with Crippen molar-refractivity contribution in [3.63, 3.8) is 0 Å². The highest BCUT2D eigenvalue weighted by Gasteiger charge is 2.23. The Morgan fingerprint density at radius 2 is 2.32 bits per heavy atom. The van der Waals surface area contributed by atoms with E-state index in [2.05, 4.69) is 10.3 Å². The molecule has 104 valence electrons. The van der Waals surface area contributed by atoms with Crippen LogP contribution in [0, 0.1) is 0 Å². The minimum atomic E-state index is -0.270. The molecule has 1 atom stereocenters. The molecule has 0 bridgehead atoms. The summed E-state index contributed by atoms with van der Waals surface area (Å²) in [5, 5.41) is 2.94. The van der Waals surface area contributed by atoms with Gasteiger partial charge in [0.15, 0.2) is 0 Å². The number of ether oxygens (including phenoxy) is 1. The number of aromatic nitrogens is 1. The number of carbonyl (C=O) groups is 1. The minimum absolute atomic E-state index is 0.138. The first-order chi connectivity index (χ1) is 8.96. The summed E-state index contributed by atoms with van der Waals surface area (Å²) >= 11 is 1.87. The van der Waals surface area contributed by atoms with Crippen LogP contribution >= 0.6 is 11.8 Å². The molecule has 1 N–H and O–H groups in total. The average Bonchev–Trinajstić information content (AvgIpc) is 2.80. The summed E-state index contributed by atoms with van der Waals surface area (Å²) in [5.74, 6) is 2.38. The Morgan fingerprint density at radius 1 is 1.53 bits per heavy atom. The van der Waals surface area contributed by atoms with E-state index in [4.69, 9.17) is 4.74 Å². The third-order valence-electron chi connectivity index (χ3n) is 2.67. The van der Waals surface area contributed by atoms with Crippen molar-refractivity contribution in [1.82, 2.24) is 10.3 Å². The Kier molecular flexibility index (Phi) is 4.34. The lowest BCUT2D eigenvalue weighted by molar-refractivity contribution is 0.0912. The van der Waals surface area contributed by atoms with Crippen molar-refractivity contribution in [2.45, 2.75) is 38.8 Å².